The highest BCUT2D eigenvalue weighted by molar-refractivity contribution is 6.30. The summed E-state index contributed by atoms with van der Waals surface area (Å²) in [6.45, 7) is 0. The van der Waals surface area contributed by atoms with Crippen molar-refractivity contribution in [3.8, 4) is 0 Å². The number of nitrogens with one attached hydrogen (secondary N) is 1. The van der Waals surface area contributed by atoms with Crippen LogP contribution in [0.25, 0.3) is 0 Å². The second kappa shape index (κ2) is 6.17. The monoisotopic (exact) mass is 281 g/mol. The predicted molar refractivity (Wildman–Crippen MR) is 74.7 cm³/mol. The van der Waals surface area contributed by atoms with E-state index in [0.29, 0.717) is 10.6 Å². The number of halogens is 2. The van der Waals surface area contributed by atoms with Crippen LogP contribution in [0.4, 0.5) is 4.39 Å². The van der Waals surface area contributed by atoms with Gasteiger partial charge in [-0.15, -0.1) is 0 Å². The maximum Gasteiger partial charge on any atom is 0.128 e. The summed E-state index contributed by atoms with van der Waals surface area (Å²) in [4.78, 5) is 0. The molecule has 1 N–H and O–H groups in total. The van der Waals surface area contributed by atoms with Crippen molar-refractivity contribution < 1.29 is 4.39 Å². The predicted octanol–water partition coefficient (Wildman–Crippen LogP) is 3.11. The van der Waals surface area contributed by atoms with E-state index in [9.17, 15) is 4.39 Å². The third-order valence-corrected chi connectivity index (χ3v) is 3.53. The van der Waals surface area contributed by atoms with Gasteiger partial charge in [0.1, 0.15) is 5.82 Å². The molecule has 2 aromatic rings. The maximum atomic E-state index is 13.8. The molecule has 0 aliphatic carbocycles. The van der Waals surface area contributed by atoms with E-state index in [-0.39, 0.29) is 11.9 Å². The van der Waals surface area contributed by atoms with Gasteiger partial charge < -0.3 is 5.32 Å². The van der Waals surface area contributed by atoms with Crippen LogP contribution in [0.15, 0.2) is 30.5 Å². The van der Waals surface area contributed by atoms with Crippen molar-refractivity contribution in [3.05, 3.63) is 52.6 Å². The Morgan fingerprint density at radius 2 is 2.21 bits per heavy atom. The van der Waals surface area contributed by atoms with E-state index in [4.69, 9.17) is 11.6 Å². The summed E-state index contributed by atoms with van der Waals surface area (Å²) in [7, 11) is 3.73. The molecular formula is C14H17ClFN3. The lowest BCUT2D eigenvalue weighted by atomic mass is 10.0. The summed E-state index contributed by atoms with van der Waals surface area (Å²) < 4.78 is 15.7. The quantitative estimate of drug-likeness (QED) is 0.913. The lowest BCUT2D eigenvalue weighted by Gasteiger charge is -2.17. The molecule has 3 nitrogen and oxygen atoms in total. The van der Waals surface area contributed by atoms with Crippen LogP contribution >= 0.6 is 11.6 Å². The number of rotatable bonds is 5. The van der Waals surface area contributed by atoms with Crippen LogP contribution in [0.3, 0.4) is 0 Å². The van der Waals surface area contributed by atoms with Gasteiger partial charge in [-0.05, 0) is 44.2 Å². The minimum Gasteiger partial charge on any atom is -0.313 e. The number of benzene rings is 1. The van der Waals surface area contributed by atoms with E-state index < -0.39 is 0 Å². The normalized spacial score (nSPS) is 12.6. The standard InChI is InChI=1S/C14H17ClFN3/c1-17-14(6-4-11-7-8-18-19(11)2)12-9-10(15)3-5-13(12)16/h3,5,7-9,14,17H,4,6H2,1-2H3. The van der Waals surface area contributed by atoms with Crippen molar-refractivity contribution in [3.63, 3.8) is 0 Å². The summed E-state index contributed by atoms with van der Waals surface area (Å²) in [5.74, 6) is -0.228. The summed E-state index contributed by atoms with van der Waals surface area (Å²) >= 11 is 5.93. The zero-order chi connectivity index (χ0) is 13.8. The molecule has 0 aliphatic heterocycles. The highest BCUT2D eigenvalue weighted by atomic mass is 35.5. The minimum atomic E-state index is -0.228. The van der Waals surface area contributed by atoms with Gasteiger partial charge in [-0.2, -0.15) is 5.10 Å². The fraction of sp³-hybridized carbons (Fsp3) is 0.357. The van der Waals surface area contributed by atoms with Gasteiger partial charge in [0.15, 0.2) is 0 Å². The topological polar surface area (TPSA) is 29.9 Å². The van der Waals surface area contributed by atoms with Crippen molar-refractivity contribution in [2.75, 3.05) is 7.05 Å². The molecule has 102 valence electrons. The average Bonchev–Trinajstić information content (AvgIpc) is 2.80. The molecule has 0 saturated carbocycles. The zero-order valence-electron chi connectivity index (χ0n) is 11.0. The molecule has 0 saturated heterocycles. The van der Waals surface area contributed by atoms with Crippen molar-refractivity contribution >= 4 is 11.6 Å². The van der Waals surface area contributed by atoms with Gasteiger partial charge in [0.25, 0.3) is 0 Å². The van der Waals surface area contributed by atoms with E-state index in [1.54, 1.807) is 18.3 Å². The molecular weight excluding hydrogens is 265 g/mol. The van der Waals surface area contributed by atoms with E-state index in [1.165, 1.54) is 6.07 Å². The third-order valence-electron chi connectivity index (χ3n) is 3.29. The molecule has 1 atom stereocenters. The van der Waals surface area contributed by atoms with Crippen LogP contribution in [-0.2, 0) is 13.5 Å². The molecule has 0 bridgehead atoms. The minimum absolute atomic E-state index is 0.0615. The van der Waals surface area contributed by atoms with Crippen molar-refractivity contribution in [2.24, 2.45) is 7.05 Å². The van der Waals surface area contributed by atoms with Crippen LogP contribution in [0.2, 0.25) is 5.02 Å². The molecule has 0 fully saturated rings. The summed E-state index contributed by atoms with van der Waals surface area (Å²) in [6, 6.07) is 6.57. The molecule has 2 rings (SSSR count). The first-order valence-corrected chi connectivity index (χ1v) is 6.58. The number of aryl methyl sites for hydroxylation is 2. The van der Waals surface area contributed by atoms with E-state index in [1.807, 2.05) is 24.8 Å². The Hall–Kier alpha value is -1.39. The zero-order valence-corrected chi connectivity index (χ0v) is 11.8. The Balaban J connectivity index is 2.12. The summed E-state index contributed by atoms with van der Waals surface area (Å²) in [5, 5.41) is 7.82. The number of hydrogen-bond donors (Lipinski definition) is 1. The van der Waals surface area contributed by atoms with Gasteiger partial charge in [-0.25, -0.2) is 4.39 Å². The Labute approximate surface area is 117 Å². The second-order valence-corrected chi connectivity index (χ2v) is 4.93. The van der Waals surface area contributed by atoms with E-state index >= 15 is 0 Å². The van der Waals surface area contributed by atoms with Gasteiger partial charge in [0.05, 0.1) is 0 Å². The van der Waals surface area contributed by atoms with Crippen molar-refractivity contribution in [2.45, 2.75) is 18.9 Å². The lowest BCUT2D eigenvalue weighted by molar-refractivity contribution is 0.501. The molecule has 0 radical (unpaired) electrons. The smallest absolute Gasteiger partial charge is 0.128 e. The highest BCUT2D eigenvalue weighted by Crippen LogP contribution is 2.24. The van der Waals surface area contributed by atoms with Crippen molar-refractivity contribution in [1.29, 1.82) is 0 Å². The Morgan fingerprint density at radius 3 is 2.84 bits per heavy atom. The van der Waals surface area contributed by atoms with Crippen molar-refractivity contribution in [1.82, 2.24) is 15.1 Å². The van der Waals surface area contributed by atoms with Crippen LogP contribution in [0.5, 0.6) is 0 Å². The molecule has 1 aromatic heterocycles. The largest absolute Gasteiger partial charge is 0.313 e. The third kappa shape index (κ3) is 3.33. The van der Waals surface area contributed by atoms with Gasteiger partial charge in [-0.3, -0.25) is 4.68 Å². The van der Waals surface area contributed by atoms with Gasteiger partial charge >= 0.3 is 0 Å². The van der Waals surface area contributed by atoms with Gasteiger partial charge in [0, 0.05) is 35.6 Å². The van der Waals surface area contributed by atoms with Crippen LogP contribution in [0.1, 0.15) is 23.7 Å². The first-order chi connectivity index (χ1) is 9.11. The Bertz CT molecular complexity index is 553. The lowest BCUT2D eigenvalue weighted by Crippen LogP contribution is -2.19. The molecule has 1 heterocycles. The van der Waals surface area contributed by atoms with Gasteiger partial charge in [0.2, 0.25) is 0 Å². The molecule has 0 spiro atoms. The molecule has 0 aliphatic rings. The molecule has 1 unspecified atom stereocenters. The van der Waals surface area contributed by atoms with E-state index in [0.717, 1.165) is 18.5 Å². The Kier molecular flexibility index (Phi) is 4.56. The van der Waals surface area contributed by atoms with Crippen LogP contribution < -0.4 is 5.32 Å². The number of aromatic nitrogens is 2. The average molecular weight is 282 g/mol. The SMILES string of the molecule is CNC(CCc1ccnn1C)c1cc(Cl)ccc1F. The fourth-order valence-corrected chi connectivity index (χ4v) is 2.36. The Morgan fingerprint density at radius 1 is 1.42 bits per heavy atom. The number of hydrogen-bond acceptors (Lipinski definition) is 2. The molecule has 0 amide bonds. The molecule has 1 aromatic carbocycles. The summed E-state index contributed by atoms with van der Waals surface area (Å²) in [5.41, 5.74) is 1.74. The number of nitrogens with zero attached hydrogens (tertiary/aromatic N) is 2. The highest BCUT2D eigenvalue weighted by Gasteiger charge is 2.15. The first kappa shape index (κ1) is 14.0. The summed E-state index contributed by atoms with van der Waals surface area (Å²) in [6.07, 6.45) is 3.38. The fourth-order valence-electron chi connectivity index (χ4n) is 2.18. The molecule has 5 heteroatoms. The van der Waals surface area contributed by atoms with E-state index in [2.05, 4.69) is 10.4 Å². The van der Waals surface area contributed by atoms with Crippen LogP contribution in [0, 0.1) is 5.82 Å². The second-order valence-electron chi connectivity index (χ2n) is 4.49. The first-order valence-electron chi connectivity index (χ1n) is 6.21. The maximum absolute atomic E-state index is 13.8. The molecule has 19 heavy (non-hydrogen) atoms. The van der Waals surface area contributed by atoms with Gasteiger partial charge in [-0.1, -0.05) is 11.6 Å². The van der Waals surface area contributed by atoms with Crippen LogP contribution in [-0.4, -0.2) is 16.8 Å².